The van der Waals surface area contributed by atoms with Crippen molar-refractivity contribution in [2.24, 2.45) is 0 Å². The number of rotatable bonds is 6. The van der Waals surface area contributed by atoms with Gasteiger partial charge in [-0.15, -0.1) is 0 Å². The van der Waals surface area contributed by atoms with Gasteiger partial charge in [0.05, 0.1) is 12.1 Å². The maximum atomic E-state index is 12.2. The zero-order chi connectivity index (χ0) is 16.3. The number of nitrogens with one attached hydrogen (secondary N) is 1. The number of benzene rings is 1. The number of hydrogen-bond donors (Lipinski definition) is 2. The quantitative estimate of drug-likeness (QED) is 0.775. The molecule has 1 fully saturated rings. The first-order valence-corrected chi connectivity index (χ1v) is 7.97. The lowest BCUT2D eigenvalue weighted by atomic mass is 9.77. The Kier molecular flexibility index (Phi) is 4.52. The molecule has 6 heteroatoms. The Labute approximate surface area is 134 Å². The number of fused-ring (bicyclic) bond motifs is 1. The molecule has 0 radical (unpaired) electrons. The molecule has 0 atom stereocenters. The Morgan fingerprint density at radius 1 is 1.13 bits per heavy atom. The number of carbonyl (C=O) groups is 2. The minimum absolute atomic E-state index is 0.0468. The van der Waals surface area contributed by atoms with E-state index in [0.29, 0.717) is 30.3 Å². The van der Waals surface area contributed by atoms with Crippen LogP contribution in [0.3, 0.4) is 0 Å². The summed E-state index contributed by atoms with van der Waals surface area (Å²) in [7, 11) is 0. The van der Waals surface area contributed by atoms with Gasteiger partial charge in [-0.3, -0.25) is 9.59 Å². The van der Waals surface area contributed by atoms with Crippen molar-refractivity contribution in [1.82, 2.24) is 5.32 Å². The number of ketones is 1. The van der Waals surface area contributed by atoms with Crippen LogP contribution in [0.15, 0.2) is 18.2 Å². The second-order valence-corrected chi connectivity index (χ2v) is 6.12. The Morgan fingerprint density at radius 2 is 1.87 bits per heavy atom. The minimum atomic E-state index is -0.461. The van der Waals surface area contributed by atoms with Gasteiger partial charge >= 0.3 is 0 Å². The average molecular weight is 319 g/mol. The molecule has 0 bridgehead atoms. The number of amides is 1. The fraction of sp³-hybridized carbons (Fsp3) is 0.529. The number of aliphatic hydroxyl groups is 1. The van der Waals surface area contributed by atoms with Gasteiger partial charge in [-0.25, -0.2) is 0 Å². The van der Waals surface area contributed by atoms with E-state index in [9.17, 15) is 14.7 Å². The van der Waals surface area contributed by atoms with Crippen LogP contribution in [0.2, 0.25) is 0 Å². The van der Waals surface area contributed by atoms with Gasteiger partial charge in [0.1, 0.15) is 13.2 Å². The van der Waals surface area contributed by atoms with Gasteiger partial charge in [-0.1, -0.05) is 0 Å². The summed E-state index contributed by atoms with van der Waals surface area (Å²) in [6.45, 7) is 0.929. The lowest BCUT2D eigenvalue weighted by molar-refractivity contribution is -0.125. The maximum Gasteiger partial charge on any atom is 0.220 e. The van der Waals surface area contributed by atoms with Crippen molar-refractivity contribution in [3.8, 4) is 11.5 Å². The monoisotopic (exact) mass is 319 g/mol. The molecule has 124 valence electrons. The van der Waals surface area contributed by atoms with E-state index in [0.717, 1.165) is 19.3 Å². The second-order valence-electron chi connectivity index (χ2n) is 6.12. The fourth-order valence-corrected chi connectivity index (χ4v) is 2.87. The van der Waals surface area contributed by atoms with E-state index in [-0.39, 0.29) is 31.1 Å². The van der Waals surface area contributed by atoms with E-state index in [1.807, 2.05) is 0 Å². The van der Waals surface area contributed by atoms with Crippen LogP contribution < -0.4 is 14.8 Å². The number of aliphatic hydroxyl groups excluding tert-OH is 1. The van der Waals surface area contributed by atoms with E-state index < -0.39 is 5.54 Å². The molecule has 2 N–H and O–H groups in total. The highest BCUT2D eigenvalue weighted by Crippen LogP contribution is 2.32. The number of ether oxygens (including phenoxy) is 2. The molecule has 0 aromatic heterocycles. The summed E-state index contributed by atoms with van der Waals surface area (Å²) in [5.41, 5.74) is 0.0551. The zero-order valence-electron chi connectivity index (χ0n) is 13.0. The zero-order valence-corrected chi connectivity index (χ0v) is 13.0. The highest BCUT2D eigenvalue weighted by molar-refractivity contribution is 5.98. The molecule has 1 amide bonds. The van der Waals surface area contributed by atoms with Crippen molar-refractivity contribution >= 4 is 11.7 Å². The molecule has 0 unspecified atom stereocenters. The molecule has 2 aliphatic rings. The first kappa shape index (κ1) is 15.8. The third-order valence-corrected chi connectivity index (χ3v) is 4.46. The van der Waals surface area contributed by atoms with Gasteiger partial charge < -0.3 is 19.9 Å². The van der Waals surface area contributed by atoms with Crippen LogP contribution in [0.5, 0.6) is 11.5 Å². The van der Waals surface area contributed by atoms with Crippen LogP contribution in [-0.2, 0) is 4.79 Å². The minimum Gasteiger partial charge on any atom is -0.486 e. The van der Waals surface area contributed by atoms with E-state index in [2.05, 4.69) is 5.32 Å². The van der Waals surface area contributed by atoms with Crippen LogP contribution in [0, 0.1) is 0 Å². The summed E-state index contributed by atoms with van der Waals surface area (Å²) in [5.74, 6) is 0.911. The van der Waals surface area contributed by atoms with Crippen LogP contribution >= 0.6 is 0 Å². The summed E-state index contributed by atoms with van der Waals surface area (Å²) < 4.78 is 10.9. The van der Waals surface area contributed by atoms with Gasteiger partial charge in [0.2, 0.25) is 5.91 Å². The van der Waals surface area contributed by atoms with E-state index >= 15 is 0 Å². The Morgan fingerprint density at radius 3 is 2.52 bits per heavy atom. The molecular formula is C17H21NO5. The molecule has 0 saturated heterocycles. The van der Waals surface area contributed by atoms with Gasteiger partial charge in [0.25, 0.3) is 0 Å². The van der Waals surface area contributed by atoms with Crippen LogP contribution in [0.1, 0.15) is 42.5 Å². The molecule has 23 heavy (non-hydrogen) atoms. The molecule has 1 saturated carbocycles. The lowest BCUT2D eigenvalue weighted by Crippen LogP contribution is -2.56. The van der Waals surface area contributed by atoms with Crippen molar-refractivity contribution in [2.45, 2.75) is 37.6 Å². The highest BCUT2D eigenvalue weighted by atomic mass is 16.6. The van der Waals surface area contributed by atoms with E-state index in [1.54, 1.807) is 18.2 Å². The Balaban J connectivity index is 1.54. The molecule has 6 nitrogen and oxygen atoms in total. The smallest absolute Gasteiger partial charge is 0.220 e. The van der Waals surface area contributed by atoms with Crippen molar-refractivity contribution < 1.29 is 24.2 Å². The standard InChI is InChI=1S/C17H21NO5/c19-11-17(6-1-7-17)18-16(21)5-3-13(20)12-2-4-14-15(10-12)23-9-8-22-14/h2,4,10,19H,1,3,5-9,11H2,(H,18,21). The number of Topliss-reactive ketones (excluding diaryl/α,β-unsaturated/α-hetero) is 1. The average Bonchev–Trinajstić information content (AvgIpc) is 2.55. The third kappa shape index (κ3) is 3.47. The normalized spacial score (nSPS) is 18.0. The van der Waals surface area contributed by atoms with Crippen molar-refractivity contribution in [2.75, 3.05) is 19.8 Å². The van der Waals surface area contributed by atoms with Crippen molar-refractivity contribution in [1.29, 1.82) is 0 Å². The summed E-state index contributed by atoms with van der Waals surface area (Å²) in [5, 5.41) is 12.2. The Hall–Kier alpha value is -2.08. The summed E-state index contributed by atoms with van der Waals surface area (Å²) in [6.07, 6.45) is 2.86. The van der Waals surface area contributed by atoms with Crippen LogP contribution in [-0.4, -0.2) is 42.2 Å². The summed E-state index contributed by atoms with van der Waals surface area (Å²) in [6, 6.07) is 5.07. The lowest BCUT2D eigenvalue weighted by Gasteiger charge is -2.41. The SMILES string of the molecule is O=C(CCC(=O)c1ccc2c(c1)OCCO2)NC1(CO)CCC1. The van der Waals surface area contributed by atoms with Gasteiger partial charge in [0.15, 0.2) is 17.3 Å². The predicted molar refractivity (Wildman–Crippen MR) is 82.8 cm³/mol. The van der Waals surface area contributed by atoms with Gasteiger partial charge in [-0.2, -0.15) is 0 Å². The largest absolute Gasteiger partial charge is 0.486 e. The van der Waals surface area contributed by atoms with E-state index in [1.165, 1.54) is 0 Å². The molecule has 3 rings (SSSR count). The second kappa shape index (κ2) is 6.58. The first-order valence-electron chi connectivity index (χ1n) is 7.97. The van der Waals surface area contributed by atoms with Crippen LogP contribution in [0.25, 0.3) is 0 Å². The van der Waals surface area contributed by atoms with Gasteiger partial charge in [-0.05, 0) is 37.5 Å². The molecule has 0 spiro atoms. The predicted octanol–water partition coefficient (Wildman–Crippen LogP) is 1.45. The molecule has 1 heterocycles. The third-order valence-electron chi connectivity index (χ3n) is 4.46. The summed E-state index contributed by atoms with van der Waals surface area (Å²) in [4.78, 5) is 24.2. The topological polar surface area (TPSA) is 84.9 Å². The number of hydrogen-bond acceptors (Lipinski definition) is 5. The first-order chi connectivity index (χ1) is 11.1. The van der Waals surface area contributed by atoms with Crippen molar-refractivity contribution in [3.63, 3.8) is 0 Å². The van der Waals surface area contributed by atoms with Crippen molar-refractivity contribution in [3.05, 3.63) is 23.8 Å². The van der Waals surface area contributed by atoms with E-state index in [4.69, 9.17) is 9.47 Å². The molecule has 1 aromatic carbocycles. The molecular weight excluding hydrogens is 298 g/mol. The van der Waals surface area contributed by atoms with Crippen LogP contribution in [0.4, 0.5) is 0 Å². The maximum absolute atomic E-state index is 12.2. The highest BCUT2D eigenvalue weighted by Gasteiger charge is 2.37. The summed E-state index contributed by atoms with van der Waals surface area (Å²) >= 11 is 0. The van der Waals surface area contributed by atoms with Gasteiger partial charge in [0, 0.05) is 18.4 Å². The Bertz CT molecular complexity index is 603. The molecule has 1 aromatic rings. The molecule has 1 aliphatic carbocycles. The number of carbonyl (C=O) groups excluding carboxylic acids is 2. The fourth-order valence-electron chi connectivity index (χ4n) is 2.87. The molecule has 1 aliphatic heterocycles.